The highest BCUT2D eigenvalue weighted by atomic mass is 32.2. The summed E-state index contributed by atoms with van der Waals surface area (Å²) in [5.41, 5.74) is 2.57. The molecule has 1 N–H and O–H groups in total. The maximum atomic E-state index is 13.3. The number of piperidine rings is 1. The Hall–Kier alpha value is -2.71. The van der Waals surface area contributed by atoms with Crippen molar-refractivity contribution in [3.8, 4) is 0 Å². The quantitative estimate of drug-likeness (QED) is 0.565. The molecule has 188 valence electrons. The van der Waals surface area contributed by atoms with Crippen molar-refractivity contribution in [3.05, 3.63) is 65.2 Å². The number of fused-ring (bicyclic) bond motifs is 1. The highest BCUT2D eigenvalue weighted by Crippen LogP contribution is 2.26. The van der Waals surface area contributed by atoms with Gasteiger partial charge >= 0.3 is 0 Å². The molecule has 2 heterocycles. The molecule has 2 aromatic carbocycles. The number of amides is 2. The Labute approximate surface area is 208 Å². The van der Waals surface area contributed by atoms with E-state index in [1.165, 1.54) is 15.9 Å². The van der Waals surface area contributed by atoms with Crippen LogP contribution in [-0.2, 0) is 27.8 Å². The molecular formula is C27H35N3O4S. The molecule has 8 heteroatoms. The maximum Gasteiger partial charge on any atom is 0.253 e. The number of hydrogen-bond acceptors (Lipinski definition) is 4. The zero-order valence-corrected chi connectivity index (χ0v) is 21.2. The molecule has 2 aliphatic rings. The third kappa shape index (κ3) is 5.93. The highest BCUT2D eigenvalue weighted by Gasteiger charge is 2.31. The van der Waals surface area contributed by atoms with E-state index in [0.29, 0.717) is 57.5 Å². The van der Waals surface area contributed by atoms with E-state index in [2.05, 4.69) is 12.2 Å². The van der Waals surface area contributed by atoms with E-state index in [-0.39, 0.29) is 22.6 Å². The Morgan fingerprint density at radius 2 is 1.71 bits per heavy atom. The van der Waals surface area contributed by atoms with Crippen LogP contribution in [0.1, 0.15) is 60.5 Å². The molecule has 0 spiro atoms. The summed E-state index contributed by atoms with van der Waals surface area (Å²) < 4.78 is 28.2. The fourth-order valence-electron chi connectivity index (χ4n) is 4.87. The fraction of sp³-hybridized carbons (Fsp3) is 0.481. The zero-order valence-electron chi connectivity index (χ0n) is 20.4. The molecule has 0 saturated carbocycles. The zero-order chi connectivity index (χ0) is 24.8. The first-order valence-electron chi connectivity index (χ1n) is 12.6. The van der Waals surface area contributed by atoms with Gasteiger partial charge in [-0.3, -0.25) is 9.59 Å². The third-order valence-electron chi connectivity index (χ3n) is 7.05. The van der Waals surface area contributed by atoms with E-state index < -0.39 is 10.0 Å². The summed E-state index contributed by atoms with van der Waals surface area (Å²) in [5, 5.41) is 3.01. The monoisotopic (exact) mass is 497 g/mol. The fourth-order valence-corrected chi connectivity index (χ4v) is 6.34. The van der Waals surface area contributed by atoms with E-state index in [4.69, 9.17) is 0 Å². The molecule has 35 heavy (non-hydrogen) atoms. The van der Waals surface area contributed by atoms with Crippen molar-refractivity contribution in [2.45, 2.75) is 56.9 Å². The average molecular weight is 498 g/mol. The van der Waals surface area contributed by atoms with Gasteiger partial charge in [-0.15, -0.1) is 0 Å². The van der Waals surface area contributed by atoms with Crippen molar-refractivity contribution in [3.63, 3.8) is 0 Å². The maximum absolute atomic E-state index is 13.3. The highest BCUT2D eigenvalue weighted by molar-refractivity contribution is 7.89. The van der Waals surface area contributed by atoms with Gasteiger partial charge in [-0.05, 0) is 55.0 Å². The van der Waals surface area contributed by atoms with Crippen molar-refractivity contribution in [2.75, 3.05) is 26.2 Å². The molecule has 2 amide bonds. The molecule has 4 rings (SSSR count). The molecule has 0 unspecified atom stereocenters. The number of rotatable bonds is 8. The lowest BCUT2D eigenvalue weighted by atomic mass is 9.95. The molecular weight excluding hydrogens is 462 g/mol. The molecule has 2 aliphatic heterocycles. The number of carbonyl (C=O) groups is 2. The van der Waals surface area contributed by atoms with Crippen LogP contribution in [0.25, 0.3) is 0 Å². The van der Waals surface area contributed by atoms with Gasteiger partial charge in [-0.2, -0.15) is 4.31 Å². The molecule has 0 aromatic heterocycles. The first-order chi connectivity index (χ1) is 16.9. The van der Waals surface area contributed by atoms with Crippen LogP contribution in [0, 0.1) is 5.92 Å². The van der Waals surface area contributed by atoms with E-state index in [9.17, 15) is 18.0 Å². The minimum atomic E-state index is -3.72. The van der Waals surface area contributed by atoms with Gasteiger partial charge in [0.25, 0.3) is 5.91 Å². The van der Waals surface area contributed by atoms with Crippen LogP contribution in [-0.4, -0.2) is 55.6 Å². The summed E-state index contributed by atoms with van der Waals surface area (Å²) in [4.78, 5) is 27.4. The van der Waals surface area contributed by atoms with Gasteiger partial charge in [0.2, 0.25) is 15.9 Å². The standard InChI is InChI=1S/C27H35N3O4S/c1-2-3-6-15-28-26(31)22-12-16-29(17-13-22)27(32)23-10-7-11-25(19-23)35(33,34)30-18-14-21-8-4-5-9-24(21)20-30/h4-5,7-11,19,22H,2-3,6,12-18,20H2,1H3,(H,28,31). The number of sulfonamides is 1. The number of hydrogen-bond donors (Lipinski definition) is 1. The summed E-state index contributed by atoms with van der Waals surface area (Å²) in [6.07, 6.45) is 5.13. The lowest BCUT2D eigenvalue weighted by Crippen LogP contribution is -2.43. The lowest BCUT2D eigenvalue weighted by molar-refractivity contribution is -0.126. The smallest absolute Gasteiger partial charge is 0.253 e. The van der Waals surface area contributed by atoms with Crippen LogP contribution in [0.15, 0.2) is 53.4 Å². The van der Waals surface area contributed by atoms with E-state index in [1.54, 1.807) is 23.1 Å². The van der Waals surface area contributed by atoms with Crippen LogP contribution < -0.4 is 5.32 Å². The molecule has 0 radical (unpaired) electrons. The van der Waals surface area contributed by atoms with Gasteiger partial charge in [0.1, 0.15) is 0 Å². The summed E-state index contributed by atoms with van der Waals surface area (Å²) in [6, 6.07) is 14.2. The van der Waals surface area contributed by atoms with Crippen molar-refractivity contribution in [1.82, 2.24) is 14.5 Å². The second-order valence-corrected chi connectivity index (χ2v) is 11.4. The number of nitrogens with one attached hydrogen (secondary N) is 1. The van der Waals surface area contributed by atoms with Crippen molar-refractivity contribution >= 4 is 21.8 Å². The second-order valence-electron chi connectivity index (χ2n) is 9.45. The summed E-state index contributed by atoms with van der Waals surface area (Å²) in [6.45, 7) is 4.58. The van der Waals surface area contributed by atoms with Crippen LogP contribution in [0.3, 0.4) is 0 Å². The predicted molar refractivity (Wildman–Crippen MR) is 135 cm³/mol. The van der Waals surface area contributed by atoms with Crippen molar-refractivity contribution in [2.24, 2.45) is 5.92 Å². The summed E-state index contributed by atoms with van der Waals surface area (Å²) in [5.74, 6) is -0.188. The number of unbranched alkanes of at least 4 members (excludes halogenated alkanes) is 2. The van der Waals surface area contributed by atoms with Gasteiger partial charge < -0.3 is 10.2 Å². The van der Waals surface area contributed by atoms with Gasteiger partial charge in [0.05, 0.1) is 4.90 Å². The number of likely N-dealkylation sites (tertiary alicyclic amines) is 1. The van der Waals surface area contributed by atoms with Gasteiger partial charge in [0, 0.05) is 44.2 Å². The normalized spacial score (nSPS) is 17.1. The van der Waals surface area contributed by atoms with Crippen LogP contribution in [0.2, 0.25) is 0 Å². The van der Waals surface area contributed by atoms with Crippen LogP contribution >= 0.6 is 0 Å². The van der Waals surface area contributed by atoms with E-state index in [1.807, 2.05) is 24.3 Å². The topological polar surface area (TPSA) is 86.8 Å². The van der Waals surface area contributed by atoms with Crippen molar-refractivity contribution < 1.29 is 18.0 Å². The summed E-state index contributed by atoms with van der Waals surface area (Å²) in [7, 11) is -3.72. The molecule has 0 aliphatic carbocycles. The minimum absolute atomic E-state index is 0.0735. The van der Waals surface area contributed by atoms with Gasteiger partial charge in [-0.25, -0.2) is 8.42 Å². The molecule has 2 aromatic rings. The molecule has 7 nitrogen and oxygen atoms in total. The Balaban J connectivity index is 1.38. The Bertz CT molecular complexity index is 1160. The number of nitrogens with zero attached hydrogens (tertiary/aromatic N) is 2. The second kappa shape index (κ2) is 11.4. The molecule has 1 saturated heterocycles. The third-order valence-corrected chi connectivity index (χ3v) is 8.89. The molecule has 0 atom stereocenters. The largest absolute Gasteiger partial charge is 0.356 e. The van der Waals surface area contributed by atoms with Crippen molar-refractivity contribution in [1.29, 1.82) is 0 Å². The van der Waals surface area contributed by atoms with Crippen LogP contribution in [0.4, 0.5) is 0 Å². The lowest BCUT2D eigenvalue weighted by Gasteiger charge is -2.31. The SMILES string of the molecule is CCCCCNC(=O)C1CCN(C(=O)c2cccc(S(=O)(=O)N3CCc4ccccc4C3)c2)CC1. The minimum Gasteiger partial charge on any atom is -0.356 e. The van der Waals surface area contributed by atoms with Crippen LogP contribution in [0.5, 0.6) is 0 Å². The first-order valence-corrected chi connectivity index (χ1v) is 14.1. The number of benzene rings is 2. The van der Waals surface area contributed by atoms with E-state index in [0.717, 1.165) is 24.8 Å². The Morgan fingerprint density at radius 3 is 2.46 bits per heavy atom. The predicted octanol–water partition coefficient (Wildman–Crippen LogP) is 3.59. The molecule has 0 bridgehead atoms. The molecule has 1 fully saturated rings. The summed E-state index contributed by atoms with van der Waals surface area (Å²) >= 11 is 0. The Morgan fingerprint density at radius 1 is 0.971 bits per heavy atom. The van der Waals surface area contributed by atoms with Gasteiger partial charge in [0.15, 0.2) is 0 Å². The van der Waals surface area contributed by atoms with E-state index >= 15 is 0 Å². The van der Waals surface area contributed by atoms with Gasteiger partial charge in [-0.1, -0.05) is 50.1 Å². The average Bonchev–Trinajstić information content (AvgIpc) is 2.90. The first kappa shape index (κ1) is 25.4. The number of carbonyl (C=O) groups excluding carboxylic acids is 2. The Kier molecular flexibility index (Phi) is 8.23.